The van der Waals surface area contributed by atoms with E-state index in [0.29, 0.717) is 19.6 Å². The maximum Gasteiger partial charge on any atom is 0.279 e. The summed E-state index contributed by atoms with van der Waals surface area (Å²) in [6, 6.07) is -0.0755. The third-order valence-electron chi connectivity index (χ3n) is 3.32. The maximum atomic E-state index is 12.0. The fraction of sp³-hybridized carbons (Fsp3) is 1.00. The van der Waals surface area contributed by atoms with Gasteiger partial charge in [0.25, 0.3) is 10.2 Å². The van der Waals surface area contributed by atoms with E-state index in [-0.39, 0.29) is 11.6 Å². The van der Waals surface area contributed by atoms with Crippen molar-refractivity contribution < 1.29 is 8.42 Å². The summed E-state index contributed by atoms with van der Waals surface area (Å²) < 4.78 is 28.1. The second-order valence-corrected chi connectivity index (χ2v) is 7.38. The van der Waals surface area contributed by atoms with Crippen molar-refractivity contribution in [3.05, 3.63) is 0 Å². The zero-order valence-corrected chi connectivity index (χ0v) is 12.6. The van der Waals surface area contributed by atoms with Crippen LogP contribution in [0.15, 0.2) is 0 Å². The Hall–Kier alpha value is -0.210. The molecule has 0 aliphatic carbocycles. The first-order chi connectivity index (χ1) is 8.19. The van der Waals surface area contributed by atoms with E-state index in [1.165, 1.54) is 4.31 Å². The second kappa shape index (κ2) is 5.83. The van der Waals surface area contributed by atoms with Crippen molar-refractivity contribution in [1.82, 2.24) is 13.9 Å². The molecule has 0 aromatic heterocycles. The molecule has 0 saturated carbocycles. The standard InChI is InChI=1S/C11H26N4O2S/c1-10(2)13-18(16,17)15-7-5-14(6-8-15)11(3,4)9-12/h10,13H,5-9,12H2,1-4H3. The van der Waals surface area contributed by atoms with Crippen molar-refractivity contribution in [3.63, 3.8) is 0 Å². The smallest absolute Gasteiger partial charge is 0.279 e. The Morgan fingerprint density at radius 2 is 1.72 bits per heavy atom. The van der Waals surface area contributed by atoms with Gasteiger partial charge in [-0.05, 0) is 27.7 Å². The lowest BCUT2D eigenvalue weighted by molar-refractivity contribution is 0.0845. The van der Waals surface area contributed by atoms with Crippen molar-refractivity contribution in [1.29, 1.82) is 0 Å². The largest absolute Gasteiger partial charge is 0.329 e. The molecule has 0 bridgehead atoms. The molecule has 7 heteroatoms. The highest BCUT2D eigenvalue weighted by molar-refractivity contribution is 7.87. The lowest BCUT2D eigenvalue weighted by Crippen LogP contribution is -2.59. The van der Waals surface area contributed by atoms with Crippen LogP contribution in [0, 0.1) is 0 Å². The van der Waals surface area contributed by atoms with Crippen LogP contribution < -0.4 is 10.5 Å². The Bertz CT molecular complexity index is 359. The summed E-state index contributed by atoms with van der Waals surface area (Å²) in [6.45, 7) is 10.9. The molecule has 18 heavy (non-hydrogen) atoms. The first-order valence-corrected chi connectivity index (χ1v) is 7.85. The minimum absolute atomic E-state index is 0.0681. The van der Waals surface area contributed by atoms with Crippen LogP contribution in [0.4, 0.5) is 0 Å². The van der Waals surface area contributed by atoms with Crippen LogP contribution in [0.3, 0.4) is 0 Å². The predicted molar refractivity (Wildman–Crippen MR) is 73.5 cm³/mol. The van der Waals surface area contributed by atoms with Gasteiger partial charge in [-0.25, -0.2) is 0 Å². The zero-order chi connectivity index (χ0) is 14.0. The Labute approximate surface area is 111 Å². The van der Waals surface area contributed by atoms with Crippen molar-refractivity contribution in [2.24, 2.45) is 5.73 Å². The summed E-state index contributed by atoms with van der Waals surface area (Å²) in [5.41, 5.74) is 5.67. The van der Waals surface area contributed by atoms with Gasteiger partial charge in [-0.15, -0.1) is 0 Å². The number of nitrogens with two attached hydrogens (primary N) is 1. The van der Waals surface area contributed by atoms with Gasteiger partial charge in [-0.3, -0.25) is 4.90 Å². The molecule has 1 aliphatic rings. The van der Waals surface area contributed by atoms with E-state index in [0.717, 1.165) is 13.1 Å². The van der Waals surface area contributed by atoms with Crippen LogP contribution in [0.5, 0.6) is 0 Å². The summed E-state index contributed by atoms with van der Waals surface area (Å²) in [5, 5.41) is 0. The molecule has 1 fully saturated rings. The predicted octanol–water partition coefficient (Wildman–Crippen LogP) is -0.416. The van der Waals surface area contributed by atoms with E-state index in [4.69, 9.17) is 5.73 Å². The minimum atomic E-state index is -3.33. The van der Waals surface area contributed by atoms with Gasteiger partial charge in [-0.2, -0.15) is 17.4 Å². The van der Waals surface area contributed by atoms with E-state index in [2.05, 4.69) is 23.5 Å². The van der Waals surface area contributed by atoms with Gasteiger partial charge in [0, 0.05) is 44.3 Å². The summed E-state index contributed by atoms with van der Waals surface area (Å²) in [5.74, 6) is 0. The molecular formula is C11H26N4O2S. The van der Waals surface area contributed by atoms with Gasteiger partial charge in [0.2, 0.25) is 0 Å². The normalized spacial score (nSPS) is 20.6. The molecule has 0 aromatic rings. The van der Waals surface area contributed by atoms with Crippen molar-refractivity contribution in [2.45, 2.75) is 39.3 Å². The molecular weight excluding hydrogens is 252 g/mol. The molecule has 0 atom stereocenters. The van der Waals surface area contributed by atoms with Gasteiger partial charge in [-0.1, -0.05) is 0 Å². The number of piperazine rings is 1. The fourth-order valence-corrected chi connectivity index (χ4v) is 3.42. The summed E-state index contributed by atoms with van der Waals surface area (Å²) in [7, 11) is -3.33. The molecule has 3 N–H and O–H groups in total. The molecule has 0 unspecified atom stereocenters. The van der Waals surface area contributed by atoms with E-state index in [1.54, 1.807) is 0 Å². The minimum Gasteiger partial charge on any atom is -0.329 e. The van der Waals surface area contributed by atoms with Gasteiger partial charge < -0.3 is 5.73 Å². The first-order valence-electron chi connectivity index (χ1n) is 6.41. The van der Waals surface area contributed by atoms with Crippen LogP contribution >= 0.6 is 0 Å². The molecule has 1 saturated heterocycles. The number of nitrogens with one attached hydrogen (secondary N) is 1. The van der Waals surface area contributed by atoms with Gasteiger partial charge in [0.05, 0.1) is 0 Å². The maximum absolute atomic E-state index is 12.0. The average Bonchev–Trinajstić information content (AvgIpc) is 2.27. The van der Waals surface area contributed by atoms with E-state index in [1.807, 2.05) is 13.8 Å². The Morgan fingerprint density at radius 1 is 1.22 bits per heavy atom. The van der Waals surface area contributed by atoms with Crippen molar-refractivity contribution in [3.8, 4) is 0 Å². The number of hydrogen-bond donors (Lipinski definition) is 2. The van der Waals surface area contributed by atoms with Crippen LogP contribution in [0.1, 0.15) is 27.7 Å². The molecule has 0 radical (unpaired) electrons. The lowest BCUT2D eigenvalue weighted by atomic mass is 10.0. The summed E-state index contributed by atoms with van der Waals surface area (Å²) >= 11 is 0. The molecule has 6 nitrogen and oxygen atoms in total. The van der Waals surface area contributed by atoms with Crippen molar-refractivity contribution >= 4 is 10.2 Å². The average molecular weight is 278 g/mol. The number of nitrogens with zero attached hydrogens (tertiary/aromatic N) is 2. The van der Waals surface area contributed by atoms with Gasteiger partial charge in [0.1, 0.15) is 0 Å². The third kappa shape index (κ3) is 3.89. The molecule has 0 aromatic carbocycles. The van der Waals surface area contributed by atoms with Crippen LogP contribution in [0.25, 0.3) is 0 Å². The molecule has 1 aliphatic heterocycles. The highest BCUT2D eigenvalue weighted by atomic mass is 32.2. The topological polar surface area (TPSA) is 78.7 Å². The van der Waals surface area contributed by atoms with E-state index < -0.39 is 10.2 Å². The van der Waals surface area contributed by atoms with Crippen LogP contribution in [0.2, 0.25) is 0 Å². The molecule has 1 heterocycles. The Morgan fingerprint density at radius 3 is 2.11 bits per heavy atom. The molecule has 1 rings (SSSR count). The summed E-state index contributed by atoms with van der Waals surface area (Å²) in [4.78, 5) is 2.24. The SMILES string of the molecule is CC(C)NS(=O)(=O)N1CCN(C(C)(C)CN)CC1. The number of hydrogen-bond acceptors (Lipinski definition) is 4. The monoisotopic (exact) mass is 278 g/mol. The summed E-state index contributed by atoms with van der Waals surface area (Å²) in [6.07, 6.45) is 0. The highest BCUT2D eigenvalue weighted by Crippen LogP contribution is 2.16. The second-order valence-electron chi connectivity index (χ2n) is 5.68. The Balaban J connectivity index is 2.59. The van der Waals surface area contributed by atoms with E-state index in [9.17, 15) is 8.42 Å². The highest BCUT2D eigenvalue weighted by Gasteiger charge is 2.32. The lowest BCUT2D eigenvalue weighted by Gasteiger charge is -2.43. The van der Waals surface area contributed by atoms with E-state index >= 15 is 0 Å². The first kappa shape index (κ1) is 15.8. The molecule has 0 amide bonds. The molecule has 0 spiro atoms. The number of rotatable bonds is 5. The quantitative estimate of drug-likeness (QED) is 0.716. The van der Waals surface area contributed by atoms with Gasteiger partial charge in [0.15, 0.2) is 0 Å². The molecule has 108 valence electrons. The Kier molecular flexibility index (Phi) is 5.13. The van der Waals surface area contributed by atoms with Crippen molar-refractivity contribution in [2.75, 3.05) is 32.7 Å². The van der Waals surface area contributed by atoms with Crippen LogP contribution in [-0.2, 0) is 10.2 Å². The zero-order valence-electron chi connectivity index (χ0n) is 11.8. The van der Waals surface area contributed by atoms with Gasteiger partial charge >= 0.3 is 0 Å². The van der Waals surface area contributed by atoms with Crippen LogP contribution in [-0.4, -0.2) is 61.9 Å². The fourth-order valence-electron chi connectivity index (χ4n) is 2.04. The third-order valence-corrected chi connectivity index (χ3v) is 5.13.